The van der Waals surface area contributed by atoms with Crippen molar-refractivity contribution in [1.29, 1.82) is 0 Å². The van der Waals surface area contributed by atoms with Crippen LogP contribution in [0, 0.1) is 0 Å². The van der Waals surface area contributed by atoms with E-state index in [-0.39, 0.29) is 5.97 Å². The van der Waals surface area contributed by atoms with Gasteiger partial charge in [-0.25, -0.2) is 4.79 Å². The van der Waals surface area contributed by atoms with Gasteiger partial charge in [0.1, 0.15) is 0 Å². The number of ether oxygens (including phenoxy) is 1. The summed E-state index contributed by atoms with van der Waals surface area (Å²) in [5.74, 6) is -0.349. The first-order valence-corrected chi connectivity index (χ1v) is 8.46. The lowest BCUT2D eigenvalue weighted by Crippen LogP contribution is -2.07. The predicted octanol–water partition coefficient (Wildman–Crippen LogP) is 4.54. The maximum absolute atomic E-state index is 11.9. The fraction of sp³-hybridized carbons (Fsp3) is 0.611. The van der Waals surface area contributed by atoms with Crippen molar-refractivity contribution in [3.05, 3.63) is 23.8 Å². The van der Waals surface area contributed by atoms with Gasteiger partial charge in [0.15, 0.2) is 0 Å². The molecule has 0 amide bonds. The number of carbonyl (C=O) groups is 1. The van der Waals surface area contributed by atoms with Gasteiger partial charge in [0.05, 0.1) is 12.2 Å². The maximum Gasteiger partial charge on any atom is 0.338 e. The van der Waals surface area contributed by atoms with Crippen molar-refractivity contribution in [1.82, 2.24) is 0 Å². The quantitative estimate of drug-likeness (QED) is 0.357. The molecule has 0 aliphatic carbocycles. The minimum atomic E-state index is -0.349. The molecule has 0 radical (unpaired) electrons. The number of benzene rings is 1. The van der Waals surface area contributed by atoms with Gasteiger partial charge in [0.2, 0.25) is 0 Å². The summed E-state index contributed by atoms with van der Waals surface area (Å²) in [6.45, 7) is 2.70. The average Bonchev–Trinajstić information content (AvgIpc) is 2.48. The molecule has 124 valence electrons. The Morgan fingerprint density at radius 2 is 1.36 bits per heavy atom. The van der Waals surface area contributed by atoms with Crippen LogP contribution in [0.4, 0.5) is 11.4 Å². The van der Waals surface area contributed by atoms with Crippen LogP contribution in [0.3, 0.4) is 0 Å². The van der Waals surface area contributed by atoms with Gasteiger partial charge in [0, 0.05) is 11.4 Å². The van der Waals surface area contributed by atoms with Gasteiger partial charge < -0.3 is 16.2 Å². The van der Waals surface area contributed by atoms with Crippen LogP contribution in [0.1, 0.15) is 75.1 Å². The maximum atomic E-state index is 11.9. The zero-order chi connectivity index (χ0) is 16.2. The van der Waals surface area contributed by atoms with Crippen molar-refractivity contribution in [3.63, 3.8) is 0 Å². The lowest BCUT2D eigenvalue weighted by Gasteiger charge is -2.06. The van der Waals surface area contributed by atoms with Crippen molar-refractivity contribution < 1.29 is 9.53 Å². The van der Waals surface area contributed by atoms with Crippen LogP contribution in [0.25, 0.3) is 0 Å². The molecule has 0 saturated heterocycles. The molecule has 0 atom stereocenters. The van der Waals surface area contributed by atoms with Crippen molar-refractivity contribution in [2.45, 2.75) is 64.7 Å². The van der Waals surface area contributed by atoms with Gasteiger partial charge in [-0.15, -0.1) is 0 Å². The zero-order valence-corrected chi connectivity index (χ0v) is 13.8. The average molecular weight is 306 g/mol. The molecule has 0 heterocycles. The molecule has 4 nitrogen and oxygen atoms in total. The van der Waals surface area contributed by atoms with E-state index in [2.05, 4.69) is 6.92 Å². The monoisotopic (exact) mass is 306 g/mol. The highest BCUT2D eigenvalue weighted by atomic mass is 16.5. The van der Waals surface area contributed by atoms with E-state index in [9.17, 15) is 4.79 Å². The van der Waals surface area contributed by atoms with E-state index in [1.165, 1.54) is 44.9 Å². The molecule has 0 aromatic heterocycles. The Morgan fingerprint density at radius 1 is 0.864 bits per heavy atom. The second-order valence-electron chi connectivity index (χ2n) is 5.85. The second kappa shape index (κ2) is 10.9. The largest absolute Gasteiger partial charge is 0.462 e. The van der Waals surface area contributed by atoms with E-state index in [4.69, 9.17) is 16.2 Å². The Balaban J connectivity index is 2.06. The topological polar surface area (TPSA) is 78.3 Å². The summed E-state index contributed by atoms with van der Waals surface area (Å²) in [5.41, 5.74) is 12.7. The minimum absolute atomic E-state index is 0.349. The highest BCUT2D eigenvalue weighted by Crippen LogP contribution is 2.15. The molecule has 0 bridgehead atoms. The summed E-state index contributed by atoms with van der Waals surface area (Å²) in [4.78, 5) is 11.9. The van der Waals surface area contributed by atoms with Gasteiger partial charge in [-0.3, -0.25) is 0 Å². The van der Waals surface area contributed by atoms with Crippen LogP contribution in [0.5, 0.6) is 0 Å². The first kappa shape index (κ1) is 18.3. The molecular formula is C18H30N2O2. The van der Waals surface area contributed by atoms with Crippen molar-refractivity contribution >= 4 is 17.3 Å². The Morgan fingerprint density at radius 3 is 1.91 bits per heavy atom. The van der Waals surface area contributed by atoms with Crippen LogP contribution < -0.4 is 11.5 Å². The molecule has 1 aromatic carbocycles. The number of rotatable bonds is 11. The summed E-state index contributed by atoms with van der Waals surface area (Å²) >= 11 is 0. The highest BCUT2D eigenvalue weighted by Gasteiger charge is 2.08. The molecule has 4 N–H and O–H groups in total. The van der Waals surface area contributed by atoms with Crippen molar-refractivity contribution in [3.8, 4) is 0 Å². The fourth-order valence-electron chi connectivity index (χ4n) is 2.46. The minimum Gasteiger partial charge on any atom is -0.462 e. The Labute approximate surface area is 134 Å². The van der Waals surface area contributed by atoms with Gasteiger partial charge in [-0.1, -0.05) is 58.3 Å². The number of anilines is 2. The normalized spacial score (nSPS) is 10.6. The summed E-state index contributed by atoms with van der Waals surface area (Å²) in [7, 11) is 0. The number of hydrogen-bond acceptors (Lipinski definition) is 4. The molecule has 0 aliphatic heterocycles. The summed E-state index contributed by atoms with van der Waals surface area (Å²) < 4.78 is 5.25. The Hall–Kier alpha value is -1.71. The van der Waals surface area contributed by atoms with Crippen molar-refractivity contribution in [2.24, 2.45) is 0 Å². The van der Waals surface area contributed by atoms with Gasteiger partial charge in [0.25, 0.3) is 0 Å². The molecule has 0 fully saturated rings. The molecule has 1 aromatic rings. The van der Waals surface area contributed by atoms with E-state index in [1.54, 1.807) is 18.2 Å². The zero-order valence-electron chi connectivity index (χ0n) is 13.8. The second-order valence-corrected chi connectivity index (χ2v) is 5.85. The van der Waals surface area contributed by atoms with Crippen LogP contribution in [-0.4, -0.2) is 12.6 Å². The van der Waals surface area contributed by atoms with Gasteiger partial charge in [-0.05, 0) is 24.6 Å². The summed E-state index contributed by atoms with van der Waals surface area (Å²) in [6, 6.07) is 4.81. The fourth-order valence-corrected chi connectivity index (χ4v) is 2.46. The van der Waals surface area contributed by atoms with E-state index in [0.717, 1.165) is 12.8 Å². The third-order valence-corrected chi connectivity index (χ3v) is 3.69. The van der Waals surface area contributed by atoms with Crippen LogP contribution in [0.15, 0.2) is 18.2 Å². The van der Waals surface area contributed by atoms with Gasteiger partial charge >= 0.3 is 5.97 Å². The van der Waals surface area contributed by atoms with Crippen LogP contribution in [0.2, 0.25) is 0 Å². The Kier molecular flexibility index (Phi) is 9.12. The molecule has 0 spiro atoms. The summed E-state index contributed by atoms with van der Waals surface area (Å²) in [5, 5.41) is 0. The number of nitrogen functional groups attached to an aromatic ring is 2. The number of carbonyl (C=O) groups excluding carboxylic acids is 1. The first-order chi connectivity index (χ1) is 10.6. The van der Waals surface area contributed by atoms with Crippen molar-refractivity contribution in [2.75, 3.05) is 18.1 Å². The molecule has 0 saturated carbocycles. The van der Waals surface area contributed by atoms with E-state index < -0.39 is 0 Å². The third kappa shape index (κ3) is 7.91. The van der Waals surface area contributed by atoms with E-state index >= 15 is 0 Å². The van der Waals surface area contributed by atoms with E-state index in [1.807, 2.05) is 0 Å². The smallest absolute Gasteiger partial charge is 0.338 e. The SMILES string of the molecule is CCCCCCCCCCCOC(=O)c1cc(N)cc(N)c1. The highest BCUT2D eigenvalue weighted by molar-refractivity contribution is 5.91. The molecule has 0 unspecified atom stereocenters. The molecule has 4 heteroatoms. The number of nitrogens with two attached hydrogens (primary N) is 2. The predicted molar refractivity (Wildman–Crippen MR) is 92.8 cm³/mol. The van der Waals surface area contributed by atoms with E-state index in [0.29, 0.717) is 23.5 Å². The number of hydrogen-bond donors (Lipinski definition) is 2. The molecule has 1 rings (SSSR count). The molecular weight excluding hydrogens is 276 g/mol. The van der Waals surface area contributed by atoms with Crippen LogP contribution >= 0.6 is 0 Å². The summed E-state index contributed by atoms with van der Waals surface area (Å²) in [6.07, 6.45) is 11.2. The molecule has 22 heavy (non-hydrogen) atoms. The Bertz CT molecular complexity index is 426. The van der Waals surface area contributed by atoms with Crippen LogP contribution in [-0.2, 0) is 4.74 Å². The first-order valence-electron chi connectivity index (χ1n) is 8.46. The standard InChI is InChI=1S/C18H30N2O2/c1-2-3-4-5-6-7-8-9-10-11-22-18(21)15-12-16(19)14-17(20)13-15/h12-14H,2-11,19-20H2,1H3. The lowest BCUT2D eigenvalue weighted by molar-refractivity contribution is 0.0498. The lowest BCUT2D eigenvalue weighted by atomic mass is 10.1. The number of esters is 1. The van der Waals surface area contributed by atoms with Gasteiger partial charge in [-0.2, -0.15) is 0 Å². The third-order valence-electron chi connectivity index (χ3n) is 3.69. The molecule has 0 aliphatic rings. The number of unbranched alkanes of at least 4 members (excludes halogenated alkanes) is 8.